The number of hydrogen-bond acceptors (Lipinski definition) is 6. The van der Waals surface area contributed by atoms with Crippen LogP contribution in [-0.4, -0.2) is 46.1 Å². The van der Waals surface area contributed by atoms with Crippen LogP contribution in [0.3, 0.4) is 0 Å². The SMILES string of the molecule is Cc1ccc(C(NC(=O)O)c2ccccc2)cc1OCCCCCCCCCNCC(O)c1ccc(O)c2[nH]c(=O)ccc12. The monoisotopic (exact) mass is 601 g/mol. The zero-order chi connectivity index (χ0) is 31.3. The maximum atomic E-state index is 11.6. The standard InChI is InChI=1S/C35H43N3O6/c1-24-14-15-26(33(38-35(42)43)25-12-8-7-9-13-25)22-31(24)44-21-11-6-4-2-3-5-10-20-36-23-30(40)27-16-18-29(39)34-28(27)17-19-32(41)37-34/h7-9,12-19,22,30,33,36,38-40H,2-6,10-11,20-21,23H2,1H3,(H,37,41)(H,42,43). The largest absolute Gasteiger partial charge is 0.506 e. The fourth-order valence-corrected chi connectivity index (χ4v) is 5.40. The summed E-state index contributed by atoms with van der Waals surface area (Å²) in [4.78, 5) is 25.7. The Hall–Kier alpha value is -4.34. The third-order valence-corrected chi connectivity index (χ3v) is 7.81. The molecule has 9 nitrogen and oxygen atoms in total. The molecule has 1 amide bonds. The number of ether oxygens (including phenoxy) is 1. The van der Waals surface area contributed by atoms with Crippen LogP contribution >= 0.6 is 0 Å². The first-order valence-electron chi connectivity index (χ1n) is 15.3. The molecule has 0 spiro atoms. The first-order valence-corrected chi connectivity index (χ1v) is 15.3. The van der Waals surface area contributed by atoms with E-state index >= 15 is 0 Å². The smallest absolute Gasteiger partial charge is 0.405 e. The number of amides is 1. The predicted molar refractivity (Wildman–Crippen MR) is 173 cm³/mol. The number of aromatic hydroxyl groups is 1. The fraction of sp³-hybridized carbons (Fsp3) is 0.371. The number of aliphatic hydroxyl groups excluding tert-OH is 1. The minimum absolute atomic E-state index is 0.0148. The molecule has 0 aliphatic rings. The van der Waals surface area contributed by atoms with Gasteiger partial charge >= 0.3 is 6.09 Å². The van der Waals surface area contributed by atoms with Gasteiger partial charge in [0.15, 0.2) is 0 Å². The Morgan fingerprint density at radius 1 is 0.886 bits per heavy atom. The molecule has 0 bridgehead atoms. The van der Waals surface area contributed by atoms with Crippen molar-refractivity contribution in [1.29, 1.82) is 0 Å². The third kappa shape index (κ3) is 9.33. The second kappa shape index (κ2) is 16.5. The van der Waals surface area contributed by atoms with E-state index in [2.05, 4.69) is 15.6 Å². The Labute approximate surface area is 257 Å². The number of aliphatic hydroxyl groups is 1. The molecule has 0 fully saturated rings. The van der Waals surface area contributed by atoms with Gasteiger partial charge < -0.3 is 35.7 Å². The molecule has 0 aliphatic carbocycles. The lowest BCUT2D eigenvalue weighted by Gasteiger charge is -2.20. The van der Waals surface area contributed by atoms with Crippen molar-refractivity contribution in [3.05, 3.63) is 105 Å². The lowest BCUT2D eigenvalue weighted by atomic mass is 9.97. The van der Waals surface area contributed by atoms with Crippen LogP contribution in [0.1, 0.15) is 79.3 Å². The Kier molecular flexibility index (Phi) is 12.2. The van der Waals surface area contributed by atoms with Crippen LogP contribution in [0.25, 0.3) is 10.9 Å². The number of aromatic amines is 1. The summed E-state index contributed by atoms with van der Waals surface area (Å²) in [7, 11) is 0. The summed E-state index contributed by atoms with van der Waals surface area (Å²) >= 11 is 0. The molecule has 0 saturated heterocycles. The molecular weight excluding hydrogens is 558 g/mol. The summed E-state index contributed by atoms with van der Waals surface area (Å²) in [6, 6.07) is 21.1. The number of nitrogens with one attached hydrogen (secondary N) is 3. The van der Waals surface area contributed by atoms with Crippen molar-refractivity contribution < 1.29 is 24.9 Å². The summed E-state index contributed by atoms with van der Waals surface area (Å²) < 4.78 is 6.09. The Morgan fingerprint density at radius 3 is 2.36 bits per heavy atom. The molecule has 3 aromatic carbocycles. The fourth-order valence-electron chi connectivity index (χ4n) is 5.40. The highest BCUT2D eigenvalue weighted by molar-refractivity contribution is 5.87. The maximum Gasteiger partial charge on any atom is 0.405 e. The highest BCUT2D eigenvalue weighted by Gasteiger charge is 2.18. The molecule has 0 aliphatic heterocycles. The number of carbonyl (C=O) groups is 1. The van der Waals surface area contributed by atoms with Crippen LogP contribution in [-0.2, 0) is 0 Å². The van der Waals surface area contributed by atoms with Gasteiger partial charge in [0.2, 0.25) is 5.56 Å². The van der Waals surface area contributed by atoms with E-state index in [9.17, 15) is 24.9 Å². The summed E-state index contributed by atoms with van der Waals surface area (Å²) in [5, 5.41) is 36.6. The van der Waals surface area contributed by atoms with Crippen molar-refractivity contribution in [1.82, 2.24) is 15.6 Å². The lowest BCUT2D eigenvalue weighted by Crippen LogP contribution is -2.27. The highest BCUT2D eigenvalue weighted by Crippen LogP contribution is 2.29. The average molecular weight is 602 g/mol. The van der Waals surface area contributed by atoms with Gasteiger partial charge in [-0.25, -0.2) is 4.79 Å². The summed E-state index contributed by atoms with van der Waals surface area (Å²) in [5.74, 6) is 0.765. The first-order chi connectivity index (χ1) is 21.3. The molecule has 2 atom stereocenters. The van der Waals surface area contributed by atoms with Gasteiger partial charge in [-0.1, -0.05) is 80.6 Å². The van der Waals surface area contributed by atoms with E-state index in [1.54, 1.807) is 12.1 Å². The number of pyridine rings is 1. The number of H-pyrrole nitrogens is 1. The van der Waals surface area contributed by atoms with E-state index in [0.29, 0.717) is 29.6 Å². The maximum absolute atomic E-state index is 11.6. The minimum Gasteiger partial charge on any atom is -0.506 e. The van der Waals surface area contributed by atoms with Crippen molar-refractivity contribution in [2.24, 2.45) is 0 Å². The van der Waals surface area contributed by atoms with E-state index in [4.69, 9.17) is 4.74 Å². The average Bonchev–Trinajstić information content (AvgIpc) is 3.02. The number of fused-ring (bicyclic) bond motifs is 1. The molecule has 4 aromatic rings. The molecule has 44 heavy (non-hydrogen) atoms. The quantitative estimate of drug-likeness (QED) is 0.0776. The second-order valence-corrected chi connectivity index (χ2v) is 11.1. The molecule has 1 heterocycles. The molecule has 234 valence electrons. The molecule has 6 N–H and O–H groups in total. The van der Waals surface area contributed by atoms with Crippen LogP contribution < -0.4 is 20.9 Å². The Bertz CT molecular complexity index is 1560. The normalized spacial score (nSPS) is 12.6. The number of hydrogen-bond donors (Lipinski definition) is 6. The number of aromatic nitrogens is 1. The van der Waals surface area contributed by atoms with E-state index in [1.807, 2.05) is 55.5 Å². The van der Waals surface area contributed by atoms with Crippen LogP contribution in [0.15, 0.2) is 77.6 Å². The molecular formula is C35H43N3O6. The number of benzene rings is 3. The van der Waals surface area contributed by atoms with E-state index in [1.165, 1.54) is 12.1 Å². The Balaban J connectivity index is 1.09. The summed E-state index contributed by atoms with van der Waals surface area (Å²) in [5.41, 5.74) is 3.45. The van der Waals surface area contributed by atoms with Gasteiger partial charge in [0, 0.05) is 18.0 Å². The molecule has 0 saturated carbocycles. The minimum atomic E-state index is -1.07. The number of rotatable bonds is 17. The van der Waals surface area contributed by atoms with Gasteiger partial charge in [-0.05, 0) is 66.8 Å². The molecule has 2 unspecified atom stereocenters. The van der Waals surface area contributed by atoms with Crippen molar-refractivity contribution in [3.63, 3.8) is 0 Å². The van der Waals surface area contributed by atoms with Crippen LogP contribution in [0.5, 0.6) is 11.5 Å². The lowest BCUT2D eigenvalue weighted by molar-refractivity contribution is 0.176. The molecule has 4 rings (SSSR count). The van der Waals surface area contributed by atoms with Crippen molar-refractivity contribution in [3.8, 4) is 11.5 Å². The number of phenolic OH excluding ortho intramolecular Hbond substituents is 1. The number of unbranched alkanes of at least 4 members (excludes halogenated alkanes) is 6. The third-order valence-electron chi connectivity index (χ3n) is 7.81. The zero-order valence-corrected chi connectivity index (χ0v) is 25.2. The number of aryl methyl sites for hydroxylation is 1. The summed E-state index contributed by atoms with van der Waals surface area (Å²) in [6.07, 6.45) is 5.82. The van der Waals surface area contributed by atoms with E-state index in [-0.39, 0.29) is 11.3 Å². The Morgan fingerprint density at radius 2 is 1.61 bits per heavy atom. The van der Waals surface area contributed by atoms with Crippen LogP contribution in [0.2, 0.25) is 0 Å². The summed E-state index contributed by atoms with van der Waals surface area (Å²) in [6.45, 7) is 3.81. The van der Waals surface area contributed by atoms with Gasteiger partial charge in [-0.2, -0.15) is 0 Å². The second-order valence-electron chi connectivity index (χ2n) is 11.1. The number of phenols is 1. The van der Waals surface area contributed by atoms with Gasteiger partial charge in [-0.15, -0.1) is 0 Å². The van der Waals surface area contributed by atoms with Gasteiger partial charge in [0.05, 0.1) is 24.3 Å². The molecule has 0 radical (unpaired) electrons. The topological polar surface area (TPSA) is 144 Å². The van der Waals surface area contributed by atoms with Crippen molar-refractivity contribution in [2.45, 2.75) is 64.0 Å². The van der Waals surface area contributed by atoms with Crippen molar-refractivity contribution >= 4 is 17.0 Å². The van der Waals surface area contributed by atoms with Crippen LogP contribution in [0, 0.1) is 6.92 Å². The van der Waals surface area contributed by atoms with Crippen LogP contribution in [0.4, 0.5) is 4.79 Å². The predicted octanol–water partition coefficient (Wildman–Crippen LogP) is 6.33. The first kappa shape index (κ1) is 32.6. The van der Waals surface area contributed by atoms with E-state index < -0.39 is 18.2 Å². The van der Waals surface area contributed by atoms with Gasteiger partial charge in [-0.3, -0.25) is 4.79 Å². The van der Waals surface area contributed by atoms with E-state index in [0.717, 1.165) is 73.9 Å². The van der Waals surface area contributed by atoms with Gasteiger partial charge in [0.1, 0.15) is 11.5 Å². The van der Waals surface area contributed by atoms with Crippen molar-refractivity contribution in [2.75, 3.05) is 19.7 Å². The molecule has 1 aromatic heterocycles. The zero-order valence-electron chi connectivity index (χ0n) is 25.2. The highest BCUT2D eigenvalue weighted by atomic mass is 16.5. The molecule has 9 heteroatoms. The van der Waals surface area contributed by atoms with Gasteiger partial charge in [0.25, 0.3) is 0 Å². The number of carboxylic acid groups (broad SMARTS) is 1.